The lowest BCUT2D eigenvalue weighted by molar-refractivity contribution is 0.0953. The van der Waals surface area contributed by atoms with Crippen LogP contribution in [0.15, 0.2) is 36.4 Å². The summed E-state index contributed by atoms with van der Waals surface area (Å²) in [7, 11) is 1.48. The Bertz CT molecular complexity index is 776. The molecule has 0 aromatic heterocycles. The zero-order chi connectivity index (χ0) is 17.8. The third kappa shape index (κ3) is 3.60. The van der Waals surface area contributed by atoms with Gasteiger partial charge in [-0.25, -0.2) is 4.39 Å². The summed E-state index contributed by atoms with van der Waals surface area (Å²) in [5.41, 5.74) is 3.16. The molecule has 1 amide bonds. The van der Waals surface area contributed by atoms with Gasteiger partial charge in [0.1, 0.15) is 0 Å². The Balaban J connectivity index is 1.77. The van der Waals surface area contributed by atoms with Gasteiger partial charge in [-0.3, -0.25) is 4.79 Å². The first-order valence-electron chi connectivity index (χ1n) is 8.64. The van der Waals surface area contributed by atoms with Gasteiger partial charge >= 0.3 is 0 Å². The third-order valence-electron chi connectivity index (χ3n) is 4.52. The Labute approximate surface area is 147 Å². The molecule has 25 heavy (non-hydrogen) atoms. The number of methoxy groups -OCH3 is 1. The van der Waals surface area contributed by atoms with Crippen LogP contribution >= 0.6 is 0 Å². The topological polar surface area (TPSA) is 50.4 Å². The van der Waals surface area contributed by atoms with E-state index in [0.29, 0.717) is 24.1 Å². The van der Waals surface area contributed by atoms with Crippen molar-refractivity contribution in [3.05, 3.63) is 58.9 Å². The summed E-state index contributed by atoms with van der Waals surface area (Å²) in [6, 6.07) is 11.0. The maximum Gasteiger partial charge on any atom is 0.251 e. The predicted molar refractivity (Wildman–Crippen MR) is 96.7 cm³/mol. The van der Waals surface area contributed by atoms with E-state index in [0.717, 1.165) is 24.1 Å². The van der Waals surface area contributed by atoms with Crippen molar-refractivity contribution in [1.29, 1.82) is 0 Å². The molecule has 2 aromatic carbocycles. The monoisotopic (exact) mass is 342 g/mol. The normalized spacial score (nSPS) is 15.6. The Kier molecular flexibility index (Phi) is 5.22. The van der Waals surface area contributed by atoms with E-state index in [1.54, 1.807) is 12.1 Å². The van der Waals surface area contributed by atoms with Crippen LogP contribution in [0.1, 0.15) is 47.3 Å². The molecule has 5 heteroatoms. The van der Waals surface area contributed by atoms with Gasteiger partial charge in [0, 0.05) is 17.8 Å². The van der Waals surface area contributed by atoms with Crippen LogP contribution in [0.5, 0.6) is 5.75 Å². The fraction of sp³-hybridized carbons (Fsp3) is 0.350. The van der Waals surface area contributed by atoms with E-state index in [1.165, 1.54) is 7.11 Å². The minimum Gasteiger partial charge on any atom is -0.494 e. The molecule has 0 saturated heterocycles. The largest absolute Gasteiger partial charge is 0.494 e. The zero-order valence-electron chi connectivity index (χ0n) is 14.6. The van der Waals surface area contributed by atoms with E-state index in [-0.39, 0.29) is 23.5 Å². The van der Waals surface area contributed by atoms with Crippen molar-refractivity contribution >= 4 is 11.6 Å². The molecule has 1 aliphatic rings. The number of carbonyl (C=O) groups excluding carboxylic acids is 1. The van der Waals surface area contributed by atoms with E-state index in [9.17, 15) is 9.18 Å². The van der Waals surface area contributed by atoms with E-state index in [4.69, 9.17) is 4.74 Å². The molecular weight excluding hydrogens is 319 g/mol. The smallest absolute Gasteiger partial charge is 0.251 e. The van der Waals surface area contributed by atoms with Crippen molar-refractivity contribution in [2.45, 2.75) is 32.2 Å². The number of halogens is 1. The fourth-order valence-corrected chi connectivity index (χ4v) is 3.24. The minimum atomic E-state index is -0.267. The van der Waals surface area contributed by atoms with Gasteiger partial charge in [-0.05, 0) is 54.7 Å². The first kappa shape index (κ1) is 17.3. The van der Waals surface area contributed by atoms with Gasteiger partial charge in [0.05, 0.1) is 13.2 Å². The van der Waals surface area contributed by atoms with Gasteiger partial charge in [-0.15, -0.1) is 0 Å². The lowest BCUT2D eigenvalue weighted by Gasteiger charge is -2.17. The summed E-state index contributed by atoms with van der Waals surface area (Å²) in [6.45, 7) is 2.68. The second-order valence-electron chi connectivity index (χ2n) is 6.22. The molecule has 1 unspecified atom stereocenters. The Hall–Kier alpha value is -2.56. The summed E-state index contributed by atoms with van der Waals surface area (Å²) in [6.07, 6.45) is 2.38. The second-order valence-corrected chi connectivity index (χ2v) is 6.22. The first-order chi connectivity index (χ1) is 12.1. The van der Waals surface area contributed by atoms with Crippen LogP contribution in [0, 0.1) is 5.82 Å². The molecule has 2 aromatic rings. The number of benzene rings is 2. The molecule has 2 N–H and O–H groups in total. The van der Waals surface area contributed by atoms with Gasteiger partial charge in [0.25, 0.3) is 5.91 Å². The number of amides is 1. The van der Waals surface area contributed by atoms with Crippen LogP contribution in [0.25, 0.3) is 0 Å². The van der Waals surface area contributed by atoms with Crippen LogP contribution < -0.4 is 15.4 Å². The molecule has 132 valence electrons. The standard InChI is InChI=1S/C20H23FN2O2/c1-3-11-22-20(24)13-5-4-6-14(12-13)23-17-9-7-16-15(17)8-10-18(25-2)19(16)21/h4-6,8,10,12,17,23H,3,7,9,11H2,1-2H3,(H,22,24). The van der Waals surface area contributed by atoms with Gasteiger partial charge < -0.3 is 15.4 Å². The fourth-order valence-electron chi connectivity index (χ4n) is 3.24. The lowest BCUT2D eigenvalue weighted by Crippen LogP contribution is -2.24. The minimum absolute atomic E-state index is 0.0318. The quantitative estimate of drug-likeness (QED) is 0.832. The Morgan fingerprint density at radius 2 is 2.16 bits per heavy atom. The summed E-state index contributed by atoms with van der Waals surface area (Å²) >= 11 is 0. The van der Waals surface area contributed by atoms with Gasteiger partial charge in [0.15, 0.2) is 11.6 Å². The van der Waals surface area contributed by atoms with E-state index in [1.807, 2.05) is 31.2 Å². The molecule has 4 nitrogen and oxygen atoms in total. The highest BCUT2D eigenvalue weighted by atomic mass is 19.1. The van der Waals surface area contributed by atoms with E-state index < -0.39 is 0 Å². The summed E-state index contributed by atoms with van der Waals surface area (Å²) in [5.74, 6) is -0.0564. The summed E-state index contributed by atoms with van der Waals surface area (Å²) in [5, 5.41) is 6.30. The molecular formula is C20H23FN2O2. The van der Waals surface area contributed by atoms with Crippen LogP contribution in [-0.2, 0) is 6.42 Å². The van der Waals surface area contributed by atoms with Crippen molar-refractivity contribution in [2.75, 3.05) is 19.0 Å². The highest BCUT2D eigenvalue weighted by molar-refractivity contribution is 5.95. The van der Waals surface area contributed by atoms with Gasteiger partial charge in [-0.2, -0.15) is 0 Å². The van der Waals surface area contributed by atoms with E-state index in [2.05, 4.69) is 10.6 Å². The van der Waals surface area contributed by atoms with Crippen molar-refractivity contribution < 1.29 is 13.9 Å². The van der Waals surface area contributed by atoms with Gasteiger partial charge in [0.2, 0.25) is 0 Å². The van der Waals surface area contributed by atoms with Crippen LogP contribution in [0.3, 0.4) is 0 Å². The highest BCUT2D eigenvalue weighted by Crippen LogP contribution is 2.38. The number of ether oxygens (including phenoxy) is 1. The van der Waals surface area contributed by atoms with Crippen LogP contribution in [0.4, 0.5) is 10.1 Å². The van der Waals surface area contributed by atoms with Crippen LogP contribution in [-0.4, -0.2) is 19.6 Å². The van der Waals surface area contributed by atoms with Crippen molar-refractivity contribution in [3.63, 3.8) is 0 Å². The maximum absolute atomic E-state index is 14.4. The lowest BCUT2D eigenvalue weighted by atomic mass is 10.1. The van der Waals surface area contributed by atoms with Gasteiger partial charge in [-0.1, -0.05) is 19.1 Å². The summed E-state index contributed by atoms with van der Waals surface area (Å²) in [4.78, 5) is 12.1. The SMILES string of the molecule is CCCNC(=O)c1cccc(NC2CCc3c2ccc(OC)c3F)c1. The number of hydrogen-bond acceptors (Lipinski definition) is 3. The predicted octanol–water partition coefficient (Wildman–Crippen LogP) is 4.07. The molecule has 0 spiro atoms. The molecule has 0 bridgehead atoms. The van der Waals surface area contributed by atoms with Crippen molar-refractivity contribution in [2.24, 2.45) is 0 Å². The highest BCUT2D eigenvalue weighted by Gasteiger charge is 2.27. The molecule has 0 aliphatic heterocycles. The molecule has 0 radical (unpaired) electrons. The second kappa shape index (κ2) is 7.55. The third-order valence-corrected chi connectivity index (χ3v) is 4.52. The number of rotatable bonds is 6. The molecule has 0 heterocycles. The Morgan fingerprint density at radius 3 is 2.92 bits per heavy atom. The number of hydrogen-bond donors (Lipinski definition) is 2. The maximum atomic E-state index is 14.4. The Morgan fingerprint density at radius 1 is 1.32 bits per heavy atom. The van der Waals surface area contributed by atoms with Crippen LogP contribution in [0.2, 0.25) is 0 Å². The number of nitrogens with one attached hydrogen (secondary N) is 2. The number of carbonyl (C=O) groups is 1. The summed E-state index contributed by atoms with van der Waals surface area (Å²) < 4.78 is 19.4. The number of fused-ring (bicyclic) bond motifs is 1. The first-order valence-corrected chi connectivity index (χ1v) is 8.64. The molecule has 3 rings (SSSR count). The zero-order valence-corrected chi connectivity index (χ0v) is 14.6. The van der Waals surface area contributed by atoms with Crippen molar-refractivity contribution in [1.82, 2.24) is 5.32 Å². The average Bonchev–Trinajstić information content (AvgIpc) is 3.04. The van der Waals surface area contributed by atoms with Crippen molar-refractivity contribution in [3.8, 4) is 5.75 Å². The molecule has 0 saturated carbocycles. The number of anilines is 1. The molecule has 1 aliphatic carbocycles. The molecule has 1 atom stereocenters. The molecule has 0 fully saturated rings. The van der Waals surface area contributed by atoms with E-state index >= 15 is 0 Å². The average molecular weight is 342 g/mol.